The number of fused-ring (bicyclic) bond motifs is 4. The molecule has 0 saturated carbocycles. The van der Waals surface area contributed by atoms with E-state index in [4.69, 9.17) is 9.47 Å². The molecule has 1 aliphatic rings. The number of hydrogen-bond donors (Lipinski definition) is 1. The maximum Gasteiger partial charge on any atom is 0.345 e. The monoisotopic (exact) mass is 417 g/mol. The molecule has 1 N–H and O–H groups in total. The summed E-state index contributed by atoms with van der Waals surface area (Å²) in [5.74, 6) is 0.692. The van der Waals surface area contributed by atoms with E-state index in [-0.39, 0.29) is 18.1 Å². The molecular weight excluding hydrogens is 398 g/mol. The average molecular weight is 417 g/mol. The Morgan fingerprint density at radius 1 is 1.10 bits per heavy atom. The van der Waals surface area contributed by atoms with E-state index < -0.39 is 17.7 Å². The van der Waals surface area contributed by atoms with E-state index in [2.05, 4.69) is 15.3 Å². The highest BCUT2D eigenvalue weighted by atomic mass is 16.5. The van der Waals surface area contributed by atoms with Crippen molar-refractivity contribution in [3.8, 4) is 5.75 Å². The zero-order chi connectivity index (χ0) is 21.5. The second kappa shape index (κ2) is 7.28. The lowest BCUT2D eigenvalue weighted by atomic mass is 10.1. The van der Waals surface area contributed by atoms with Gasteiger partial charge in [0.2, 0.25) is 11.9 Å². The van der Waals surface area contributed by atoms with Gasteiger partial charge in [-0.2, -0.15) is 0 Å². The number of anilines is 2. The molecular formula is C22H19N5O4. The Morgan fingerprint density at radius 3 is 2.68 bits per heavy atom. The molecule has 0 bridgehead atoms. The van der Waals surface area contributed by atoms with Gasteiger partial charge in [-0.3, -0.25) is 19.2 Å². The van der Waals surface area contributed by atoms with Crippen LogP contribution in [0.3, 0.4) is 0 Å². The number of esters is 1. The van der Waals surface area contributed by atoms with Crippen LogP contribution in [0.15, 0.2) is 59.5 Å². The van der Waals surface area contributed by atoms with E-state index >= 15 is 0 Å². The first kappa shape index (κ1) is 18.9. The van der Waals surface area contributed by atoms with Crippen molar-refractivity contribution in [1.82, 2.24) is 19.1 Å². The number of rotatable bonds is 4. The van der Waals surface area contributed by atoms with Crippen LogP contribution in [-0.2, 0) is 4.74 Å². The van der Waals surface area contributed by atoms with Crippen LogP contribution in [0, 0.1) is 0 Å². The van der Waals surface area contributed by atoms with Crippen molar-refractivity contribution in [3.05, 3.63) is 76.2 Å². The van der Waals surface area contributed by atoms with Crippen LogP contribution >= 0.6 is 0 Å². The van der Waals surface area contributed by atoms with Gasteiger partial charge in [0.05, 0.1) is 30.9 Å². The lowest BCUT2D eigenvalue weighted by molar-refractivity contribution is 0.0522. The van der Waals surface area contributed by atoms with Crippen molar-refractivity contribution < 1.29 is 14.3 Å². The van der Waals surface area contributed by atoms with Gasteiger partial charge in [0.1, 0.15) is 17.5 Å². The van der Waals surface area contributed by atoms with Crippen LogP contribution in [0.1, 0.15) is 29.0 Å². The summed E-state index contributed by atoms with van der Waals surface area (Å²) in [4.78, 5) is 34.9. The van der Waals surface area contributed by atoms with Gasteiger partial charge in [-0.05, 0) is 25.1 Å². The summed E-state index contributed by atoms with van der Waals surface area (Å²) in [5.41, 5.74) is 1.65. The van der Waals surface area contributed by atoms with Crippen LogP contribution in [-0.4, -0.2) is 38.8 Å². The van der Waals surface area contributed by atoms with Crippen molar-refractivity contribution in [3.63, 3.8) is 0 Å². The number of benzene rings is 2. The summed E-state index contributed by atoms with van der Waals surface area (Å²) < 4.78 is 14.0. The molecule has 0 radical (unpaired) electrons. The minimum atomic E-state index is -0.713. The average Bonchev–Trinajstić information content (AvgIpc) is 3.16. The topological polar surface area (TPSA) is 100 Å². The summed E-state index contributed by atoms with van der Waals surface area (Å²) in [6.45, 7) is 1.84. The third-order valence-corrected chi connectivity index (χ3v) is 5.21. The van der Waals surface area contributed by atoms with Crippen molar-refractivity contribution >= 4 is 28.9 Å². The molecule has 0 spiro atoms. The van der Waals surface area contributed by atoms with E-state index in [0.29, 0.717) is 11.7 Å². The summed E-state index contributed by atoms with van der Waals surface area (Å²) >= 11 is 0. The van der Waals surface area contributed by atoms with Gasteiger partial charge in [0, 0.05) is 5.56 Å². The molecule has 156 valence electrons. The molecule has 0 aliphatic carbocycles. The molecule has 1 unspecified atom stereocenters. The third-order valence-electron chi connectivity index (χ3n) is 5.21. The number of nitrogens with zero attached hydrogens (tertiary/aromatic N) is 4. The molecule has 1 aliphatic heterocycles. The number of imidazole rings is 1. The fourth-order valence-corrected chi connectivity index (χ4v) is 3.89. The van der Waals surface area contributed by atoms with Crippen molar-refractivity contribution in [2.75, 3.05) is 19.0 Å². The minimum Gasteiger partial charge on any atom is -0.496 e. The lowest BCUT2D eigenvalue weighted by Crippen LogP contribution is -2.39. The van der Waals surface area contributed by atoms with Gasteiger partial charge in [0.15, 0.2) is 0 Å². The van der Waals surface area contributed by atoms with Crippen molar-refractivity contribution in [2.45, 2.75) is 13.1 Å². The SMILES string of the molecule is CCOC(=O)c1cnc2n(c1=O)C(c1ccccc1OC)n1c(nc3ccccc31)N2. The van der Waals surface area contributed by atoms with E-state index in [1.54, 1.807) is 14.0 Å². The zero-order valence-corrected chi connectivity index (χ0v) is 16.9. The predicted molar refractivity (Wildman–Crippen MR) is 114 cm³/mol. The van der Waals surface area contributed by atoms with Crippen LogP contribution in [0.2, 0.25) is 0 Å². The second-order valence-electron chi connectivity index (χ2n) is 6.93. The van der Waals surface area contributed by atoms with E-state index in [1.165, 1.54) is 10.8 Å². The highest BCUT2D eigenvalue weighted by molar-refractivity contribution is 5.89. The number of nitrogens with one attached hydrogen (secondary N) is 1. The van der Waals surface area contributed by atoms with E-state index in [1.807, 2.05) is 53.1 Å². The van der Waals surface area contributed by atoms with E-state index in [0.717, 1.165) is 16.6 Å². The summed E-state index contributed by atoms with van der Waals surface area (Å²) in [7, 11) is 1.57. The van der Waals surface area contributed by atoms with Crippen molar-refractivity contribution in [1.29, 1.82) is 0 Å². The molecule has 31 heavy (non-hydrogen) atoms. The van der Waals surface area contributed by atoms with E-state index in [9.17, 15) is 9.59 Å². The maximum atomic E-state index is 13.5. The Morgan fingerprint density at radius 2 is 1.87 bits per heavy atom. The van der Waals surface area contributed by atoms with Gasteiger partial charge in [0.25, 0.3) is 5.56 Å². The molecule has 1 atom stereocenters. The molecule has 2 aromatic heterocycles. The standard InChI is InChI=1S/C22H19N5O4/c1-3-31-20(29)14-12-23-21-25-22-24-15-9-5-6-10-16(15)26(22)18(27(21)19(14)28)13-8-4-7-11-17(13)30-2/h4-12,18H,3H2,1-2H3,(H,23,24,25). The van der Waals surface area contributed by atoms with Crippen molar-refractivity contribution in [2.24, 2.45) is 0 Å². The molecule has 0 saturated heterocycles. The molecule has 0 amide bonds. The zero-order valence-electron chi connectivity index (χ0n) is 16.9. The van der Waals surface area contributed by atoms with Gasteiger partial charge in [-0.15, -0.1) is 0 Å². The first-order valence-corrected chi connectivity index (χ1v) is 9.79. The third kappa shape index (κ3) is 2.85. The number of carbonyl (C=O) groups excluding carboxylic acids is 1. The minimum absolute atomic E-state index is 0.139. The summed E-state index contributed by atoms with van der Waals surface area (Å²) in [5, 5.41) is 3.12. The molecule has 9 nitrogen and oxygen atoms in total. The van der Waals surface area contributed by atoms with Crippen LogP contribution < -0.4 is 15.6 Å². The predicted octanol–water partition coefficient (Wildman–Crippen LogP) is 2.93. The first-order chi connectivity index (χ1) is 15.1. The summed E-state index contributed by atoms with van der Waals surface area (Å²) in [6, 6.07) is 15.0. The van der Waals surface area contributed by atoms with Crippen LogP contribution in [0.4, 0.5) is 11.9 Å². The Labute approximate surface area is 176 Å². The Bertz CT molecular complexity index is 1370. The Kier molecular flexibility index (Phi) is 4.43. The molecule has 3 heterocycles. The Hall–Kier alpha value is -4.14. The summed E-state index contributed by atoms with van der Waals surface area (Å²) in [6.07, 6.45) is 0.556. The highest BCUT2D eigenvalue weighted by Crippen LogP contribution is 2.38. The smallest absolute Gasteiger partial charge is 0.345 e. The van der Waals surface area contributed by atoms with Gasteiger partial charge in [-0.1, -0.05) is 30.3 Å². The van der Waals surface area contributed by atoms with Crippen LogP contribution in [0.25, 0.3) is 11.0 Å². The number of methoxy groups -OCH3 is 1. The quantitative estimate of drug-likeness (QED) is 0.449. The number of hydrogen-bond acceptors (Lipinski definition) is 7. The number of carbonyl (C=O) groups is 1. The normalized spacial score (nSPS) is 14.5. The molecule has 9 heteroatoms. The lowest BCUT2D eigenvalue weighted by Gasteiger charge is -2.31. The number of aromatic nitrogens is 4. The van der Waals surface area contributed by atoms with Gasteiger partial charge in [-0.25, -0.2) is 14.8 Å². The number of ether oxygens (including phenoxy) is 2. The largest absolute Gasteiger partial charge is 0.496 e. The fraction of sp³-hybridized carbons (Fsp3) is 0.182. The maximum absolute atomic E-state index is 13.5. The second-order valence-corrected chi connectivity index (χ2v) is 6.93. The highest BCUT2D eigenvalue weighted by Gasteiger charge is 2.34. The molecule has 4 aromatic rings. The fourth-order valence-electron chi connectivity index (χ4n) is 3.89. The molecule has 5 rings (SSSR count). The van der Waals surface area contributed by atoms with Gasteiger partial charge < -0.3 is 9.47 Å². The van der Waals surface area contributed by atoms with Crippen LogP contribution in [0.5, 0.6) is 5.75 Å². The Balaban J connectivity index is 1.84. The van der Waals surface area contributed by atoms with Gasteiger partial charge >= 0.3 is 5.97 Å². The number of para-hydroxylation sites is 3. The molecule has 0 fully saturated rings. The first-order valence-electron chi connectivity index (χ1n) is 9.79. The molecule has 2 aromatic carbocycles.